The van der Waals surface area contributed by atoms with Gasteiger partial charge in [0.25, 0.3) is 5.91 Å². The maximum absolute atomic E-state index is 11.4. The average molecular weight is 212 g/mol. The van der Waals surface area contributed by atoms with Crippen LogP contribution >= 0.6 is 0 Å². The van der Waals surface area contributed by atoms with Gasteiger partial charge in [-0.25, -0.2) is 0 Å². The number of nitrogens with one attached hydrogen (secondary N) is 1. The summed E-state index contributed by atoms with van der Waals surface area (Å²) in [6.45, 7) is 2.56. The Hall–Kier alpha value is -1.36. The van der Waals surface area contributed by atoms with E-state index in [1.165, 1.54) is 0 Å². The van der Waals surface area contributed by atoms with Gasteiger partial charge in [-0.2, -0.15) is 0 Å². The van der Waals surface area contributed by atoms with Crippen molar-refractivity contribution in [2.75, 3.05) is 13.2 Å². The lowest BCUT2D eigenvalue weighted by atomic mass is 10.2. The smallest absolute Gasteiger partial charge is 0.289 e. The largest absolute Gasteiger partial charge is 0.396 e. The van der Waals surface area contributed by atoms with Crippen molar-refractivity contribution in [3.63, 3.8) is 0 Å². The second kappa shape index (κ2) is 6.19. The van der Waals surface area contributed by atoms with Gasteiger partial charge in [-0.3, -0.25) is 4.79 Å². The molecule has 2 N–H and O–H groups in total. The van der Waals surface area contributed by atoms with Gasteiger partial charge in [-0.05, 0) is 26.2 Å². The molecule has 0 saturated carbocycles. The quantitative estimate of drug-likeness (QED) is 0.686. The second-order valence-electron chi connectivity index (χ2n) is 3.37. The summed E-state index contributed by atoms with van der Waals surface area (Å²) in [4.78, 5) is 11.4. The minimum atomic E-state index is -0.236. The predicted octanol–water partition coefficient (Wildman–Crippen LogP) is 0.875. The van der Waals surface area contributed by atoms with Crippen molar-refractivity contribution in [3.05, 3.63) is 17.5 Å². The fourth-order valence-corrected chi connectivity index (χ4v) is 1.17. The van der Waals surface area contributed by atoms with Crippen LogP contribution in [0.2, 0.25) is 0 Å². The predicted molar refractivity (Wildman–Crippen MR) is 54.5 cm³/mol. The molecule has 1 heterocycles. The monoisotopic (exact) mass is 212 g/mol. The Morgan fingerprint density at radius 3 is 2.93 bits per heavy atom. The number of aromatic nitrogens is 1. The highest BCUT2D eigenvalue weighted by molar-refractivity contribution is 5.91. The minimum absolute atomic E-state index is 0.204. The topological polar surface area (TPSA) is 75.4 Å². The van der Waals surface area contributed by atoms with E-state index < -0.39 is 0 Å². The van der Waals surface area contributed by atoms with Crippen LogP contribution in [-0.2, 0) is 0 Å². The van der Waals surface area contributed by atoms with Crippen molar-refractivity contribution in [2.24, 2.45) is 0 Å². The molecule has 0 aliphatic heterocycles. The van der Waals surface area contributed by atoms with Gasteiger partial charge in [0.2, 0.25) is 5.76 Å². The van der Waals surface area contributed by atoms with Crippen LogP contribution in [0.5, 0.6) is 0 Å². The summed E-state index contributed by atoms with van der Waals surface area (Å²) in [5.41, 5.74) is 0.695. The van der Waals surface area contributed by atoms with E-state index in [1.54, 1.807) is 13.0 Å². The number of carbonyl (C=O) groups excluding carboxylic acids is 1. The molecule has 0 bridgehead atoms. The minimum Gasteiger partial charge on any atom is -0.396 e. The molecule has 0 atom stereocenters. The lowest BCUT2D eigenvalue weighted by Crippen LogP contribution is -2.23. The van der Waals surface area contributed by atoms with E-state index in [-0.39, 0.29) is 18.3 Å². The van der Waals surface area contributed by atoms with E-state index in [2.05, 4.69) is 10.5 Å². The molecular weight excluding hydrogens is 196 g/mol. The number of rotatable bonds is 6. The third kappa shape index (κ3) is 4.12. The number of unbranched alkanes of at least 4 members (excludes halogenated alkanes) is 2. The van der Waals surface area contributed by atoms with E-state index in [1.807, 2.05) is 0 Å². The Bertz CT molecular complexity index is 309. The highest BCUT2D eigenvalue weighted by Gasteiger charge is 2.09. The van der Waals surface area contributed by atoms with Gasteiger partial charge in [0.15, 0.2) is 0 Å². The highest BCUT2D eigenvalue weighted by atomic mass is 16.5. The Morgan fingerprint density at radius 2 is 2.33 bits per heavy atom. The number of hydrogen-bond acceptors (Lipinski definition) is 4. The van der Waals surface area contributed by atoms with E-state index in [9.17, 15) is 4.79 Å². The Labute approximate surface area is 88.5 Å². The van der Waals surface area contributed by atoms with Gasteiger partial charge in [0.05, 0.1) is 5.69 Å². The molecule has 84 valence electrons. The maximum atomic E-state index is 11.4. The number of amides is 1. The molecule has 1 aromatic rings. The number of aliphatic hydroxyl groups is 1. The zero-order chi connectivity index (χ0) is 11.1. The number of nitrogens with zero attached hydrogens (tertiary/aromatic N) is 1. The molecule has 0 spiro atoms. The van der Waals surface area contributed by atoms with Crippen molar-refractivity contribution in [1.29, 1.82) is 0 Å². The van der Waals surface area contributed by atoms with Crippen LogP contribution in [0.4, 0.5) is 0 Å². The van der Waals surface area contributed by atoms with Crippen LogP contribution in [0.1, 0.15) is 35.5 Å². The Morgan fingerprint density at radius 1 is 1.53 bits per heavy atom. The summed E-state index contributed by atoms with van der Waals surface area (Å²) in [7, 11) is 0. The van der Waals surface area contributed by atoms with Gasteiger partial charge in [-0.15, -0.1) is 0 Å². The lowest BCUT2D eigenvalue weighted by Gasteiger charge is -2.01. The van der Waals surface area contributed by atoms with Gasteiger partial charge >= 0.3 is 0 Å². The standard InChI is InChI=1S/C10H16N2O3/c1-8-7-9(15-12-8)10(14)11-5-3-2-4-6-13/h7,13H,2-6H2,1H3,(H,11,14). The SMILES string of the molecule is Cc1cc(C(=O)NCCCCCO)on1. The Kier molecular flexibility index (Phi) is 4.83. The second-order valence-corrected chi connectivity index (χ2v) is 3.37. The fourth-order valence-electron chi connectivity index (χ4n) is 1.17. The number of aliphatic hydroxyl groups excluding tert-OH is 1. The van der Waals surface area contributed by atoms with Crippen molar-refractivity contribution in [1.82, 2.24) is 10.5 Å². The molecule has 0 radical (unpaired) electrons. The number of hydrogen-bond donors (Lipinski definition) is 2. The highest BCUT2D eigenvalue weighted by Crippen LogP contribution is 2.01. The molecule has 0 aliphatic rings. The van der Waals surface area contributed by atoms with Crippen LogP contribution in [-0.4, -0.2) is 29.3 Å². The third-order valence-corrected chi connectivity index (χ3v) is 1.97. The van der Waals surface area contributed by atoms with Crippen LogP contribution in [0, 0.1) is 6.92 Å². The number of carbonyl (C=O) groups is 1. The molecule has 1 aromatic heterocycles. The first kappa shape index (κ1) is 11.7. The van der Waals surface area contributed by atoms with Crippen LogP contribution in [0.25, 0.3) is 0 Å². The van der Waals surface area contributed by atoms with Crippen molar-refractivity contribution < 1.29 is 14.4 Å². The molecule has 0 unspecified atom stereocenters. The third-order valence-electron chi connectivity index (χ3n) is 1.97. The first-order valence-corrected chi connectivity index (χ1v) is 5.06. The molecule has 5 heteroatoms. The van der Waals surface area contributed by atoms with Gasteiger partial charge in [0.1, 0.15) is 0 Å². The zero-order valence-electron chi connectivity index (χ0n) is 8.82. The molecule has 0 fully saturated rings. The van der Waals surface area contributed by atoms with E-state index in [0.717, 1.165) is 19.3 Å². The lowest BCUT2D eigenvalue weighted by molar-refractivity contribution is 0.0916. The van der Waals surface area contributed by atoms with Gasteiger partial charge in [-0.1, -0.05) is 5.16 Å². The number of aryl methyl sites for hydroxylation is 1. The van der Waals surface area contributed by atoms with Gasteiger partial charge in [0, 0.05) is 19.2 Å². The summed E-state index contributed by atoms with van der Waals surface area (Å²) in [6.07, 6.45) is 2.54. The summed E-state index contributed by atoms with van der Waals surface area (Å²) >= 11 is 0. The van der Waals surface area contributed by atoms with E-state index in [4.69, 9.17) is 9.63 Å². The van der Waals surface area contributed by atoms with Gasteiger partial charge < -0.3 is 14.9 Å². The fraction of sp³-hybridized carbons (Fsp3) is 0.600. The molecule has 0 aromatic carbocycles. The maximum Gasteiger partial charge on any atom is 0.289 e. The molecule has 0 saturated heterocycles. The first-order valence-electron chi connectivity index (χ1n) is 5.06. The Balaban J connectivity index is 2.19. The van der Waals surface area contributed by atoms with Crippen molar-refractivity contribution in [3.8, 4) is 0 Å². The molecule has 15 heavy (non-hydrogen) atoms. The first-order chi connectivity index (χ1) is 7.24. The molecule has 0 aliphatic carbocycles. The zero-order valence-corrected chi connectivity index (χ0v) is 8.82. The summed E-state index contributed by atoms with van der Waals surface area (Å²) in [5, 5.41) is 14.9. The molecule has 5 nitrogen and oxygen atoms in total. The van der Waals surface area contributed by atoms with E-state index in [0.29, 0.717) is 12.2 Å². The van der Waals surface area contributed by atoms with Crippen molar-refractivity contribution in [2.45, 2.75) is 26.2 Å². The molecule has 1 rings (SSSR count). The molecule has 1 amide bonds. The summed E-state index contributed by atoms with van der Waals surface area (Å²) in [5.74, 6) is 0.00857. The summed E-state index contributed by atoms with van der Waals surface area (Å²) < 4.78 is 4.80. The van der Waals surface area contributed by atoms with Crippen LogP contribution < -0.4 is 5.32 Å². The van der Waals surface area contributed by atoms with Crippen molar-refractivity contribution >= 4 is 5.91 Å². The summed E-state index contributed by atoms with van der Waals surface area (Å²) in [6, 6.07) is 1.60. The molecular formula is C10H16N2O3. The van der Waals surface area contributed by atoms with Crippen LogP contribution in [0.3, 0.4) is 0 Å². The average Bonchev–Trinajstić information content (AvgIpc) is 2.64. The normalized spacial score (nSPS) is 10.3. The van der Waals surface area contributed by atoms with Crippen LogP contribution in [0.15, 0.2) is 10.6 Å². The van der Waals surface area contributed by atoms with E-state index >= 15 is 0 Å².